The highest BCUT2D eigenvalue weighted by molar-refractivity contribution is 5.92. The van der Waals surface area contributed by atoms with Gasteiger partial charge in [-0.1, -0.05) is 0 Å². The summed E-state index contributed by atoms with van der Waals surface area (Å²) < 4.78 is 24.9. The maximum atomic E-state index is 12.5. The van der Waals surface area contributed by atoms with Gasteiger partial charge in [0.25, 0.3) is 12.3 Å². The largest absolute Gasteiger partial charge is 0.465 e. The highest BCUT2D eigenvalue weighted by Crippen LogP contribution is 2.46. The third kappa shape index (κ3) is 3.15. The minimum Gasteiger partial charge on any atom is -0.465 e. The van der Waals surface area contributed by atoms with Crippen molar-refractivity contribution in [1.29, 1.82) is 0 Å². The lowest BCUT2D eigenvalue weighted by Gasteiger charge is -2.53. The van der Waals surface area contributed by atoms with Crippen molar-refractivity contribution in [1.82, 2.24) is 20.6 Å². The number of amides is 2. The molecule has 3 aliphatic rings. The van der Waals surface area contributed by atoms with E-state index in [0.717, 1.165) is 12.4 Å². The number of carbonyl (C=O) groups excluding carboxylic acids is 1. The predicted molar refractivity (Wildman–Crippen MR) is 78.8 cm³/mol. The minimum absolute atomic E-state index is 0.000142. The van der Waals surface area contributed by atoms with E-state index in [4.69, 9.17) is 5.11 Å². The Morgan fingerprint density at radius 1 is 1.00 bits per heavy atom. The molecule has 2 bridgehead atoms. The number of hydrogen-bond acceptors (Lipinski definition) is 4. The first-order valence-electron chi connectivity index (χ1n) is 7.77. The summed E-state index contributed by atoms with van der Waals surface area (Å²) in [5.41, 5.74) is -1.25. The van der Waals surface area contributed by atoms with Crippen molar-refractivity contribution >= 4 is 12.0 Å². The maximum absolute atomic E-state index is 12.5. The molecule has 0 saturated heterocycles. The minimum atomic E-state index is -2.72. The van der Waals surface area contributed by atoms with Gasteiger partial charge in [0.2, 0.25) is 0 Å². The summed E-state index contributed by atoms with van der Waals surface area (Å²) in [6.45, 7) is 0. The summed E-state index contributed by atoms with van der Waals surface area (Å²) in [7, 11) is 0. The van der Waals surface area contributed by atoms with Crippen molar-refractivity contribution in [2.24, 2.45) is 0 Å². The van der Waals surface area contributed by atoms with Crippen LogP contribution in [0, 0.1) is 0 Å². The van der Waals surface area contributed by atoms with Crippen LogP contribution in [0.3, 0.4) is 0 Å². The monoisotopic (exact) mass is 340 g/mol. The summed E-state index contributed by atoms with van der Waals surface area (Å²) in [6, 6.07) is 0. The second kappa shape index (κ2) is 5.95. The Morgan fingerprint density at radius 2 is 1.54 bits per heavy atom. The van der Waals surface area contributed by atoms with E-state index < -0.39 is 29.7 Å². The van der Waals surface area contributed by atoms with Crippen molar-refractivity contribution in [3.63, 3.8) is 0 Å². The summed E-state index contributed by atoms with van der Waals surface area (Å²) in [4.78, 5) is 30.5. The van der Waals surface area contributed by atoms with Gasteiger partial charge < -0.3 is 15.7 Å². The van der Waals surface area contributed by atoms with Gasteiger partial charge >= 0.3 is 6.09 Å². The van der Waals surface area contributed by atoms with Crippen LogP contribution in [0.1, 0.15) is 61.1 Å². The van der Waals surface area contributed by atoms with E-state index >= 15 is 0 Å². The van der Waals surface area contributed by atoms with Gasteiger partial charge in [0.15, 0.2) is 0 Å². The van der Waals surface area contributed by atoms with E-state index in [-0.39, 0.29) is 11.2 Å². The molecule has 3 aliphatic carbocycles. The number of fused-ring (bicyclic) bond motifs is 3. The molecule has 0 aliphatic heterocycles. The molecule has 0 atom stereocenters. The van der Waals surface area contributed by atoms with Crippen LogP contribution in [-0.2, 0) is 0 Å². The first kappa shape index (κ1) is 16.5. The number of nitrogens with zero attached hydrogens (tertiary/aromatic N) is 2. The molecule has 0 radical (unpaired) electrons. The average molecular weight is 340 g/mol. The van der Waals surface area contributed by atoms with E-state index in [1.165, 1.54) is 0 Å². The van der Waals surface area contributed by atoms with Gasteiger partial charge in [-0.25, -0.2) is 18.6 Å². The second-order valence-electron chi connectivity index (χ2n) is 6.57. The number of carboxylic acid groups (broad SMARTS) is 1. The molecule has 24 heavy (non-hydrogen) atoms. The molecule has 4 rings (SSSR count). The van der Waals surface area contributed by atoms with E-state index in [2.05, 4.69) is 20.6 Å². The summed E-state index contributed by atoms with van der Waals surface area (Å²) in [6.07, 6.45) is 2.20. The van der Waals surface area contributed by atoms with Gasteiger partial charge in [-0.3, -0.25) is 9.78 Å². The zero-order valence-electron chi connectivity index (χ0n) is 12.9. The van der Waals surface area contributed by atoms with Gasteiger partial charge in [0.05, 0.1) is 12.4 Å². The molecule has 0 spiro atoms. The highest BCUT2D eigenvalue weighted by Gasteiger charge is 2.50. The zero-order chi connectivity index (χ0) is 17.4. The quantitative estimate of drug-likeness (QED) is 0.780. The SMILES string of the molecule is O=C(O)NC12CCC(NC(=O)c3cnc(C(F)F)cn3)(CC1)CC2. The molecule has 1 aromatic rings. The van der Waals surface area contributed by atoms with Gasteiger partial charge in [-0.2, -0.15) is 0 Å². The van der Waals surface area contributed by atoms with Crippen molar-refractivity contribution in [3.05, 3.63) is 23.8 Å². The average Bonchev–Trinajstić information content (AvgIpc) is 2.56. The molecule has 0 unspecified atom stereocenters. The molecule has 3 fully saturated rings. The molecule has 1 heterocycles. The number of rotatable bonds is 4. The van der Waals surface area contributed by atoms with Crippen LogP contribution in [0.4, 0.5) is 13.6 Å². The van der Waals surface area contributed by atoms with Gasteiger partial charge in [-0.05, 0) is 38.5 Å². The van der Waals surface area contributed by atoms with Gasteiger partial charge in [0, 0.05) is 11.1 Å². The topological polar surface area (TPSA) is 104 Å². The molecule has 1 aromatic heterocycles. The number of nitrogens with one attached hydrogen (secondary N) is 2. The normalized spacial score (nSPS) is 28.6. The number of halogens is 2. The second-order valence-corrected chi connectivity index (χ2v) is 6.57. The summed E-state index contributed by atoms with van der Waals surface area (Å²) in [5, 5.41) is 14.5. The molecule has 130 valence electrons. The molecule has 9 heteroatoms. The molecular formula is C15H18F2N4O3. The van der Waals surface area contributed by atoms with Crippen LogP contribution < -0.4 is 10.6 Å². The maximum Gasteiger partial charge on any atom is 0.405 e. The first-order valence-corrected chi connectivity index (χ1v) is 7.77. The molecule has 3 saturated carbocycles. The Hall–Kier alpha value is -2.32. The molecule has 3 N–H and O–H groups in total. The lowest BCUT2D eigenvalue weighted by atomic mass is 9.61. The number of alkyl halides is 2. The number of aromatic nitrogens is 2. The van der Waals surface area contributed by atoms with Gasteiger partial charge in [-0.15, -0.1) is 0 Å². The lowest BCUT2D eigenvalue weighted by molar-refractivity contribution is 0.0485. The van der Waals surface area contributed by atoms with Crippen LogP contribution in [0.15, 0.2) is 12.4 Å². The zero-order valence-corrected chi connectivity index (χ0v) is 12.9. The Bertz CT molecular complexity index is 626. The highest BCUT2D eigenvalue weighted by atomic mass is 19.3. The Labute approximate surface area is 136 Å². The Balaban J connectivity index is 1.65. The molecule has 7 nitrogen and oxygen atoms in total. The summed E-state index contributed by atoms with van der Waals surface area (Å²) in [5.74, 6) is -0.441. The smallest absolute Gasteiger partial charge is 0.405 e. The first-order chi connectivity index (χ1) is 11.3. The molecular weight excluding hydrogens is 322 g/mol. The molecule has 0 aromatic carbocycles. The van der Waals surface area contributed by atoms with Crippen LogP contribution >= 0.6 is 0 Å². The van der Waals surface area contributed by atoms with Crippen molar-refractivity contribution in [2.75, 3.05) is 0 Å². The van der Waals surface area contributed by atoms with E-state index in [1.54, 1.807) is 0 Å². The van der Waals surface area contributed by atoms with Crippen molar-refractivity contribution in [3.8, 4) is 0 Å². The van der Waals surface area contributed by atoms with Crippen LogP contribution in [0.2, 0.25) is 0 Å². The van der Waals surface area contributed by atoms with Crippen LogP contribution in [0.25, 0.3) is 0 Å². The third-order valence-corrected chi connectivity index (χ3v) is 5.13. The molecule has 2 amide bonds. The van der Waals surface area contributed by atoms with Crippen LogP contribution in [-0.4, -0.2) is 38.2 Å². The standard InChI is InChI=1S/C15H18F2N4O3/c16-11(17)9-7-19-10(8-18-9)12(22)20-14-1-4-15(5-2-14,6-3-14)21-13(23)24/h7-8,11,21H,1-6H2,(H,20,22)(H,23,24). The fourth-order valence-corrected chi connectivity index (χ4v) is 3.66. The van der Waals surface area contributed by atoms with E-state index in [9.17, 15) is 18.4 Å². The fourth-order valence-electron chi connectivity index (χ4n) is 3.66. The van der Waals surface area contributed by atoms with E-state index in [1.807, 2.05) is 0 Å². The Kier molecular flexibility index (Phi) is 4.10. The fraction of sp³-hybridized carbons (Fsp3) is 0.600. The number of carbonyl (C=O) groups is 2. The van der Waals surface area contributed by atoms with Crippen molar-refractivity contribution < 1.29 is 23.5 Å². The van der Waals surface area contributed by atoms with E-state index in [0.29, 0.717) is 38.5 Å². The van der Waals surface area contributed by atoms with Crippen molar-refractivity contribution in [2.45, 2.75) is 56.0 Å². The third-order valence-electron chi connectivity index (χ3n) is 5.13. The predicted octanol–water partition coefficient (Wildman–Crippen LogP) is 2.26. The number of hydrogen-bond donors (Lipinski definition) is 3. The van der Waals surface area contributed by atoms with Crippen LogP contribution in [0.5, 0.6) is 0 Å². The lowest BCUT2D eigenvalue weighted by Crippen LogP contribution is -2.63. The summed E-state index contributed by atoms with van der Waals surface area (Å²) >= 11 is 0. The van der Waals surface area contributed by atoms with Gasteiger partial charge in [0.1, 0.15) is 11.4 Å². The Morgan fingerprint density at radius 3 is 1.96 bits per heavy atom.